The minimum Gasteiger partial charge on any atom is -0.325 e. The maximum absolute atomic E-state index is 12.4. The number of nitrogens with zero attached hydrogens (tertiary/aromatic N) is 1. The number of thioether (sulfide) groups is 1. The van der Waals surface area contributed by atoms with Crippen molar-refractivity contribution in [3.63, 3.8) is 0 Å². The third-order valence-electron chi connectivity index (χ3n) is 3.64. The molecular weight excluding hydrogens is 384 g/mol. The number of allylic oxidation sites excluding steroid dienone is 2. The summed E-state index contributed by atoms with van der Waals surface area (Å²) in [6.07, 6.45) is 5.12. The van der Waals surface area contributed by atoms with Gasteiger partial charge in [0.2, 0.25) is 5.91 Å². The van der Waals surface area contributed by atoms with Gasteiger partial charge in [0.15, 0.2) is 0 Å². The van der Waals surface area contributed by atoms with Crippen molar-refractivity contribution in [3.05, 3.63) is 82.2 Å². The van der Waals surface area contributed by atoms with Crippen LogP contribution >= 0.6 is 23.4 Å². The van der Waals surface area contributed by atoms with E-state index in [-0.39, 0.29) is 11.4 Å². The van der Waals surface area contributed by atoms with Crippen LogP contribution in [0.2, 0.25) is 5.02 Å². The molecule has 1 heterocycles. The minimum atomic E-state index is -0.478. The van der Waals surface area contributed by atoms with Crippen LogP contribution in [0.15, 0.2) is 71.7 Å². The predicted octanol–water partition coefficient (Wildman–Crippen LogP) is 4.57. The van der Waals surface area contributed by atoms with E-state index in [1.54, 1.807) is 36.4 Å². The third kappa shape index (κ3) is 5.09. The number of imide groups is 1. The molecule has 1 N–H and O–H groups in total. The van der Waals surface area contributed by atoms with E-state index in [2.05, 4.69) is 5.32 Å². The number of hydrogen-bond acceptors (Lipinski definition) is 4. The van der Waals surface area contributed by atoms with Crippen LogP contribution in [0, 0.1) is 0 Å². The van der Waals surface area contributed by atoms with Crippen LogP contribution in [0.25, 0.3) is 6.08 Å². The van der Waals surface area contributed by atoms with E-state index in [1.807, 2.05) is 36.4 Å². The number of rotatable bonds is 5. The molecule has 1 saturated heterocycles. The Morgan fingerprint density at radius 3 is 2.48 bits per heavy atom. The molecule has 5 nitrogen and oxygen atoms in total. The molecule has 2 aromatic carbocycles. The Morgan fingerprint density at radius 1 is 1.07 bits per heavy atom. The summed E-state index contributed by atoms with van der Waals surface area (Å²) < 4.78 is 0. The number of hydrogen-bond donors (Lipinski definition) is 1. The van der Waals surface area contributed by atoms with Gasteiger partial charge in [-0.05, 0) is 47.7 Å². The first-order valence-electron chi connectivity index (χ1n) is 8.05. The van der Waals surface area contributed by atoms with Crippen molar-refractivity contribution >= 4 is 52.2 Å². The molecule has 2 aromatic rings. The Labute approximate surface area is 165 Å². The van der Waals surface area contributed by atoms with Crippen molar-refractivity contribution in [1.29, 1.82) is 0 Å². The molecule has 7 heteroatoms. The van der Waals surface area contributed by atoms with E-state index in [4.69, 9.17) is 11.6 Å². The van der Waals surface area contributed by atoms with Crippen LogP contribution in [-0.2, 0) is 9.59 Å². The summed E-state index contributed by atoms with van der Waals surface area (Å²) in [5.41, 5.74) is 1.52. The van der Waals surface area contributed by atoms with Gasteiger partial charge >= 0.3 is 0 Å². The summed E-state index contributed by atoms with van der Waals surface area (Å²) in [7, 11) is 0. The Balaban J connectivity index is 1.61. The molecular formula is C20H15ClN2O3S. The van der Waals surface area contributed by atoms with Crippen LogP contribution in [0.3, 0.4) is 0 Å². The summed E-state index contributed by atoms with van der Waals surface area (Å²) >= 11 is 6.61. The molecule has 0 aliphatic carbocycles. The number of anilines is 1. The number of benzene rings is 2. The van der Waals surface area contributed by atoms with Crippen molar-refractivity contribution in [2.75, 3.05) is 11.9 Å². The Kier molecular flexibility index (Phi) is 6.11. The number of carbonyl (C=O) groups excluding carboxylic acids is 3. The van der Waals surface area contributed by atoms with Crippen molar-refractivity contribution in [2.24, 2.45) is 0 Å². The highest BCUT2D eigenvalue weighted by Crippen LogP contribution is 2.30. The van der Waals surface area contributed by atoms with Gasteiger partial charge in [0, 0.05) is 10.7 Å². The van der Waals surface area contributed by atoms with E-state index >= 15 is 0 Å². The van der Waals surface area contributed by atoms with Crippen LogP contribution < -0.4 is 5.32 Å². The normalized spacial score (nSPS) is 15.7. The van der Waals surface area contributed by atoms with Crippen LogP contribution in [0.4, 0.5) is 10.5 Å². The highest BCUT2D eigenvalue weighted by molar-refractivity contribution is 8.18. The van der Waals surface area contributed by atoms with Crippen molar-refractivity contribution in [1.82, 2.24) is 4.90 Å². The second kappa shape index (κ2) is 8.70. The lowest BCUT2D eigenvalue weighted by Gasteiger charge is -2.12. The fourth-order valence-electron chi connectivity index (χ4n) is 2.34. The van der Waals surface area contributed by atoms with Crippen molar-refractivity contribution in [3.8, 4) is 0 Å². The Hall–Kier alpha value is -2.83. The lowest BCUT2D eigenvalue weighted by molar-refractivity contribution is -0.127. The Bertz CT molecular complexity index is 924. The maximum Gasteiger partial charge on any atom is 0.294 e. The first-order valence-corrected chi connectivity index (χ1v) is 9.25. The molecule has 3 rings (SSSR count). The van der Waals surface area contributed by atoms with Gasteiger partial charge in [-0.15, -0.1) is 0 Å². The summed E-state index contributed by atoms with van der Waals surface area (Å²) in [6.45, 7) is -0.340. The molecule has 3 amide bonds. The molecule has 0 radical (unpaired) electrons. The summed E-state index contributed by atoms with van der Waals surface area (Å²) in [5, 5.41) is 2.71. The highest BCUT2D eigenvalue weighted by atomic mass is 35.5. The number of amides is 3. The van der Waals surface area contributed by atoms with Crippen molar-refractivity contribution < 1.29 is 14.4 Å². The van der Waals surface area contributed by atoms with E-state index < -0.39 is 17.1 Å². The topological polar surface area (TPSA) is 66.5 Å². The van der Waals surface area contributed by atoms with Gasteiger partial charge in [-0.2, -0.15) is 0 Å². The van der Waals surface area contributed by atoms with Gasteiger partial charge in [-0.1, -0.05) is 54.1 Å². The second-order valence-corrected chi connectivity index (χ2v) is 7.04. The zero-order valence-electron chi connectivity index (χ0n) is 14.1. The van der Waals surface area contributed by atoms with Gasteiger partial charge in [-0.3, -0.25) is 19.3 Å². The lowest BCUT2D eigenvalue weighted by atomic mass is 10.2. The van der Waals surface area contributed by atoms with E-state index in [0.717, 1.165) is 22.2 Å². The lowest BCUT2D eigenvalue weighted by Crippen LogP contribution is -2.36. The second-order valence-electron chi connectivity index (χ2n) is 5.62. The minimum absolute atomic E-state index is 0.284. The SMILES string of the molecule is O=C(CN1C(=O)S/C(=C/C=Cc2ccccc2)C1=O)Nc1ccc(Cl)cc1. The molecule has 0 spiro atoms. The molecule has 136 valence electrons. The van der Waals surface area contributed by atoms with Gasteiger partial charge in [0.1, 0.15) is 6.54 Å². The van der Waals surface area contributed by atoms with Gasteiger partial charge in [0.05, 0.1) is 4.91 Å². The smallest absolute Gasteiger partial charge is 0.294 e. The quantitative estimate of drug-likeness (QED) is 0.749. The molecule has 1 fully saturated rings. The van der Waals surface area contributed by atoms with Gasteiger partial charge in [-0.25, -0.2) is 0 Å². The fourth-order valence-corrected chi connectivity index (χ4v) is 3.25. The fraction of sp³-hybridized carbons (Fsp3) is 0.0500. The average Bonchev–Trinajstić information content (AvgIpc) is 2.92. The molecule has 1 aliphatic heterocycles. The maximum atomic E-state index is 12.4. The molecule has 0 saturated carbocycles. The van der Waals surface area contributed by atoms with Crippen LogP contribution in [0.1, 0.15) is 5.56 Å². The molecule has 27 heavy (non-hydrogen) atoms. The summed E-state index contributed by atoms with van der Waals surface area (Å²) in [6, 6.07) is 16.1. The largest absolute Gasteiger partial charge is 0.325 e. The predicted molar refractivity (Wildman–Crippen MR) is 108 cm³/mol. The van der Waals surface area contributed by atoms with E-state index in [0.29, 0.717) is 10.7 Å². The third-order valence-corrected chi connectivity index (χ3v) is 4.82. The zero-order chi connectivity index (χ0) is 19.2. The number of nitrogens with one attached hydrogen (secondary N) is 1. The van der Waals surface area contributed by atoms with Gasteiger partial charge < -0.3 is 5.32 Å². The van der Waals surface area contributed by atoms with Gasteiger partial charge in [0.25, 0.3) is 11.1 Å². The van der Waals surface area contributed by atoms with E-state index in [9.17, 15) is 14.4 Å². The molecule has 0 unspecified atom stereocenters. The first-order chi connectivity index (χ1) is 13.0. The average molecular weight is 399 g/mol. The summed E-state index contributed by atoms with van der Waals surface area (Å²) in [4.78, 5) is 37.8. The Morgan fingerprint density at radius 2 is 1.78 bits per heavy atom. The molecule has 1 aliphatic rings. The molecule has 0 atom stereocenters. The first kappa shape index (κ1) is 18.9. The molecule has 0 aromatic heterocycles. The number of carbonyl (C=O) groups is 3. The number of halogens is 1. The van der Waals surface area contributed by atoms with Crippen LogP contribution in [0.5, 0.6) is 0 Å². The highest BCUT2D eigenvalue weighted by Gasteiger charge is 2.35. The summed E-state index contributed by atoms with van der Waals surface area (Å²) in [5.74, 6) is -0.935. The van der Waals surface area contributed by atoms with E-state index in [1.165, 1.54) is 0 Å². The standard InChI is InChI=1S/C20H15ClN2O3S/c21-15-9-11-16(12-10-15)22-18(24)13-23-19(25)17(27-20(23)26)8-4-7-14-5-2-1-3-6-14/h1-12H,13H2,(H,22,24)/b7-4?,17-8+. The zero-order valence-corrected chi connectivity index (χ0v) is 15.7. The van der Waals surface area contributed by atoms with Crippen molar-refractivity contribution in [2.45, 2.75) is 0 Å². The molecule has 0 bridgehead atoms. The van der Waals surface area contributed by atoms with Crippen LogP contribution in [-0.4, -0.2) is 28.5 Å². The monoisotopic (exact) mass is 398 g/mol.